The second kappa shape index (κ2) is 4.14. The summed E-state index contributed by atoms with van der Waals surface area (Å²) >= 11 is 0. The molecule has 1 aliphatic carbocycles. The van der Waals surface area contributed by atoms with E-state index >= 15 is 0 Å². The van der Waals surface area contributed by atoms with E-state index in [9.17, 15) is 9.59 Å². The number of hydrogen-bond acceptors (Lipinski definition) is 4. The van der Waals surface area contributed by atoms with Crippen molar-refractivity contribution in [1.29, 1.82) is 0 Å². The number of fused-ring (bicyclic) bond motifs is 2. The molecular weight excluding hydrogens is 232 g/mol. The van der Waals surface area contributed by atoms with Crippen molar-refractivity contribution < 1.29 is 19.1 Å². The molecule has 0 N–H and O–H groups in total. The van der Waals surface area contributed by atoms with Gasteiger partial charge in [0.1, 0.15) is 5.76 Å². The molecule has 2 aliphatic heterocycles. The number of esters is 2. The fraction of sp³-hybridized carbons (Fsp3) is 0.143. The van der Waals surface area contributed by atoms with Crippen molar-refractivity contribution in [1.82, 2.24) is 0 Å². The molecule has 0 unspecified atom stereocenters. The van der Waals surface area contributed by atoms with Crippen molar-refractivity contribution in [3.05, 3.63) is 58.9 Å². The minimum Gasteiger partial charge on any atom is -0.493 e. The smallest absolute Gasteiger partial charge is 0.347 e. The normalized spacial score (nSPS) is 22.0. The van der Waals surface area contributed by atoms with E-state index in [1.165, 1.54) is 0 Å². The number of cyclic esters (lactones) is 2. The summed E-state index contributed by atoms with van der Waals surface area (Å²) in [5, 5.41) is 0. The van der Waals surface area contributed by atoms with Crippen LogP contribution in [0.15, 0.2) is 58.9 Å². The van der Waals surface area contributed by atoms with Gasteiger partial charge in [-0.3, -0.25) is 0 Å². The molecular formula is C14H10O4. The van der Waals surface area contributed by atoms with Crippen molar-refractivity contribution in [2.24, 2.45) is 0 Å². The van der Waals surface area contributed by atoms with E-state index in [-0.39, 0.29) is 0 Å². The Bertz CT molecular complexity index is 585. The highest BCUT2D eigenvalue weighted by Gasteiger charge is 2.37. The predicted molar refractivity (Wildman–Crippen MR) is 63.1 cm³/mol. The molecule has 18 heavy (non-hydrogen) atoms. The van der Waals surface area contributed by atoms with Crippen molar-refractivity contribution in [3.63, 3.8) is 0 Å². The molecule has 0 saturated heterocycles. The molecule has 0 fully saturated rings. The molecule has 0 spiro atoms. The largest absolute Gasteiger partial charge is 0.493 e. The van der Waals surface area contributed by atoms with E-state index in [4.69, 9.17) is 4.74 Å². The Balaban J connectivity index is 2.18. The van der Waals surface area contributed by atoms with Crippen LogP contribution in [0.25, 0.3) is 0 Å². The van der Waals surface area contributed by atoms with Gasteiger partial charge in [0, 0.05) is 12.0 Å². The van der Waals surface area contributed by atoms with Crippen molar-refractivity contribution in [2.75, 3.05) is 6.61 Å². The predicted octanol–water partition coefficient (Wildman–Crippen LogP) is 1.72. The first kappa shape index (κ1) is 10.8. The van der Waals surface area contributed by atoms with E-state index in [1.807, 2.05) is 18.2 Å². The standard InChI is InChI=1S/C14H10O4/c15-13-10-7-8-17-11-6-4-2-1-3-5-9(11)12(10)14(16)18-13/h1-6H,7-8H2. The molecule has 3 rings (SSSR count). The minimum absolute atomic E-state index is 0.337. The van der Waals surface area contributed by atoms with E-state index in [1.54, 1.807) is 18.2 Å². The van der Waals surface area contributed by atoms with Crippen LogP contribution in [0.3, 0.4) is 0 Å². The lowest BCUT2D eigenvalue weighted by atomic mass is 9.98. The van der Waals surface area contributed by atoms with Gasteiger partial charge >= 0.3 is 11.9 Å². The number of hydrogen-bond donors (Lipinski definition) is 0. The van der Waals surface area contributed by atoms with Crippen LogP contribution in [-0.2, 0) is 19.1 Å². The fourth-order valence-electron chi connectivity index (χ4n) is 2.11. The SMILES string of the molecule is O=C1OC(=O)C2=C1CCOC1=CC=CC=CC=C12. The van der Waals surface area contributed by atoms with Crippen molar-refractivity contribution in [3.8, 4) is 0 Å². The minimum atomic E-state index is -0.587. The average Bonchev–Trinajstić information content (AvgIpc) is 2.50. The summed E-state index contributed by atoms with van der Waals surface area (Å²) in [5.41, 5.74) is 1.36. The van der Waals surface area contributed by atoms with E-state index in [0.717, 1.165) is 0 Å². The number of ether oxygens (including phenoxy) is 2. The van der Waals surface area contributed by atoms with Crippen LogP contribution in [-0.4, -0.2) is 18.5 Å². The second-order valence-corrected chi connectivity index (χ2v) is 4.01. The number of carbonyl (C=O) groups is 2. The van der Waals surface area contributed by atoms with Gasteiger partial charge in [0.25, 0.3) is 0 Å². The Morgan fingerprint density at radius 3 is 2.56 bits per heavy atom. The van der Waals surface area contributed by atoms with Gasteiger partial charge in [0.15, 0.2) is 0 Å². The van der Waals surface area contributed by atoms with Gasteiger partial charge < -0.3 is 9.47 Å². The monoisotopic (exact) mass is 242 g/mol. The third kappa shape index (κ3) is 1.62. The Morgan fingerprint density at radius 2 is 1.72 bits per heavy atom. The van der Waals surface area contributed by atoms with E-state index < -0.39 is 11.9 Å². The van der Waals surface area contributed by atoms with E-state index in [2.05, 4.69) is 4.74 Å². The number of carbonyl (C=O) groups excluding carboxylic acids is 2. The van der Waals surface area contributed by atoms with Gasteiger partial charge in [-0.05, 0) is 6.08 Å². The van der Waals surface area contributed by atoms with Crippen LogP contribution in [0.4, 0.5) is 0 Å². The summed E-state index contributed by atoms with van der Waals surface area (Å²) in [4.78, 5) is 23.3. The highest BCUT2D eigenvalue weighted by atomic mass is 16.6. The van der Waals surface area contributed by atoms with Crippen LogP contribution in [0, 0.1) is 0 Å². The average molecular weight is 242 g/mol. The quantitative estimate of drug-likeness (QED) is 0.479. The summed E-state index contributed by atoms with van der Waals surface area (Å²) in [6, 6.07) is 0. The lowest BCUT2D eigenvalue weighted by molar-refractivity contribution is -0.151. The zero-order valence-electron chi connectivity index (χ0n) is 9.51. The Morgan fingerprint density at radius 1 is 0.944 bits per heavy atom. The fourth-order valence-corrected chi connectivity index (χ4v) is 2.11. The molecule has 0 bridgehead atoms. The molecule has 0 atom stereocenters. The maximum absolute atomic E-state index is 11.8. The van der Waals surface area contributed by atoms with Gasteiger partial charge in [-0.25, -0.2) is 9.59 Å². The molecule has 0 amide bonds. The van der Waals surface area contributed by atoms with Crippen LogP contribution in [0.2, 0.25) is 0 Å². The highest BCUT2D eigenvalue weighted by molar-refractivity contribution is 6.15. The summed E-state index contributed by atoms with van der Waals surface area (Å²) in [7, 11) is 0. The Kier molecular flexibility index (Phi) is 2.48. The molecule has 0 saturated carbocycles. The van der Waals surface area contributed by atoms with Gasteiger partial charge in [-0.2, -0.15) is 0 Å². The molecule has 0 radical (unpaired) electrons. The molecule has 4 nitrogen and oxygen atoms in total. The molecule has 0 aromatic carbocycles. The molecule has 0 aromatic rings. The van der Waals surface area contributed by atoms with Gasteiger partial charge in [-0.1, -0.05) is 30.4 Å². The molecule has 0 aromatic heterocycles. The first-order valence-electron chi connectivity index (χ1n) is 5.66. The van der Waals surface area contributed by atoms with Crippen molar-refractivity contribution in [2.45, 2.75) is 6.42 Å². The summed E-state index contributed by atoms with van der Waals surface area (Å²) < 4.78 is 10.2. The third-order valence-corrected chi connectivity index (χ3v) is 2.93. The maximum Gasteiger partial charge on any atom is 0.347 e. The van der Waals surface area contributed by atoms with Crippen LogP contribution >= 0.6 is 0 Å². The first-order valence-corrected chi connectivity index (χ1v) is 5.66. The lowest BCUT2D eigenvalue weighted by Gasteiger charge is -2.10. The second-order valence-electron chi connectivity index (χ2n) is 4.01. The topological polar surface area (TPSA) is 52.6 Å². The van der Waals surface area contributed by atoms with Gasteiger partial charge in [0.2, 0.25) is 0 Å². The van der Waals surface area contributed by atoms with Crippen LogP contribution in [0.5, 0.6) is 0 Å². The Labute approximate surface area is 104 Å². The third-order valence-electron chi connectivity index (χ3n) is 2.93. The molecule has 90 valence electrons. The number of rotatable bonds is 0. The number of allylic oxidation sites excluding steroid dienone is 7. The van der Waals surface area contributed by atoms with Crippen molar-refractivity contribution >= 4 is 11.9 Å². The molecule has 2 heterocycles. The van der Waals surface area contributed by atoms with E-state index in [0.29, 0.717) is 35.5 Å². The van der Waals surface area contributed by atoms with Gasteiger partial charge in [0.05, 0.1) is 17.8 Å². The zero-order valence-corrected chi connectivity index (χ0v) is 9.51. The van der Waals surface area contributed by atoms with Crippen LogP contribution < -0.4 is 0 Å². The zero-order chi connectivity index (χ0) is 12.5. The molecule has 4 heteroatoms. The highest BCUT2D eigenvalue weighted by Crippen LogP contribution is 2.34. The molecule has 3 aliphatic rings. The van der Waals surface area contributed by atoms with Gasteiger partial charge in [-0.15, -0.1) is 0 Å². The summed E-state index contributed by atoms with van der Waals surface area (Å²) in [6.07, 6.45) is 11.3. The summed E-state index contributed by atoms with van der Waals surface area (Å²) in [6.45, 7) is 0.363. The lowest BCUT2D eigenvalue weighted by Crippen LogP contribution is -2.07. The maximum atomic E-state index is 11.8. The first-order chi connectivity index (χ1) is 8.77. The summed E-state index contributed by atoms with van der Waals surface area (Å²) in [5.74, 6) is -0.551. The van der Waals surface area contributed by atoms with Crippen LogP contribution in [0.1, 0.15) is 6.42 Å². The Hall–Kier alpha value is -2.36.